The fraction of sp³-hybridized carbons (Fsp3) is 0.385. The summed E-state index contributed by atoms with van der Waals surface area (Å²) >= 11 is 0. The molecular weight excluding hydrogens is 400 g/mol. The molecular formula is C26H32N4O2. The maximum Gasteiger partial charge on any atom is 0.253 e. The number of carbonyl (C=O) groups excluding carboxylic acids is 1. The third-order valence-corrected chi connectivity index (χ3v) is 6.23. The SMILES string of the molecule is COc1ccccc1CCN1CCC[C@@H](CN(C)C(=O)c2cccc(-n3cccn3)c2)C1. The van der Waals surface area contributed by atoms with Gasteiger partial charge in [-0.05, 0) is 67.6 Å². The minimum Gasteiger partial charge on any atom is -0.496 e. The zero-order chi connectivity index (χ0) is 22.3. The smallest absolute Gasteiger partial charge is 0.253 e. The lowest BCUT2D eigenvalue weighted by molar-refractivity contribution is 0.0730. The second-order valence-corrected chi connectivity index (χ2v) is 8.56. The van der Waals surface area contributed by atoms with Crippen LogP contribution >= 0.6 is 0 Å². The number of hydrogen-bond acceptors (Lipinski definition) is 4. The van der Waals surface area contributed by atoms with E-state index in [0.29, 0.717) is 11.5 Å². The summed E-state index contributed by atoms with van der Waals surface area (Å²) in [6.07, 6.45) is 6.94. The molecule has 1 fully saturated rings. The molecule has 32 heavy (non-hydrogen) atoms. The van der Waals surface area contributed by atoms with E-state index in [2.05, 4.69) is 22.1 Å². The Kier molecular flexibility index (Phi) is 7.22. The van der Waals surface area contributed by atoms with Crippen molar-refractivity contribution in [3.05, 3.63) is 78.1 Å². The zero-order valence-corrected chi connectivity index (χ0v) is 19.0. The van der Waals surface area contributed by atoms with Crippen molar-refractivity contribution in [1.82, 2.24) is 19.6 Å². The molecule has 0 bridgehead atoms. The first-order chi connectivity index (χ1) is 15.6. The first kappa shape index (κ1) is 22.1. The van der Waals surface area contributed by atoms with E-state index in [4.69, 9.17) is 4.74 Å². The van der Waals surface area contributed by atoms with Gasteiger partial charge in [0.2, 0.25) is 0 Å². The molecule has 0 saturated carbocycles. The molecule has 1 aliphatic rings. The van der Waals surface area contributed by atoms with Gasteiger partial charge in [0.1, 0.15) is 5.75 Å². The molecule has 6 nitrogen and oxygen atoms in total. The number of amides is 1. The molecule has 4 rings (SSSR count). The molecule has 0 radical (unpaired) electrons. The summed E-state index contributed by atoms with van der Waals surface area (Å²) < 4.78 is 7.27. The molecule has 0 spiro atoms. The van der Waals surface area contributed by atoms with Crippen LogP contribution in [-0.4, -0.2) is 65.8 Å². The highest BCUT2D eigenvalue weighted by molar-refractivity contribution is 5.94. The van der Waals surface area contributed by atoms with Gasteiger partial charge in [-0.1, -0.05) is 24.3 Å². The average molecular weight is 433 g/mol. The molecule has 2 heterocycles. The number of ether oxygens (including phenoxy) is 1. The minimum absolute atomic E-state index is 0.0603. The summed E-state index contributed by atoms with van der Waals surface area (Å²) in [6, 6.07) is 17.8. The molecule has 0 aliphatic carbocycles. The predicted octanol–water partition coefficient (Wildman–Crippen LogP) is 3.91. The van der Waals surface area contributed by atoms with Crippen molar-refractivity contribution in [3.63, 3.8) is 0 Å². The number of nitrogens with zero attached hydrogens (tertiary/aromatic N) is 4. The van der Waals surface area contributed by atoms with Crippen molar-refractivity contribution in [2.24, 2.45) is 5.92 Å². The Labute approximate surface area is 190 Å². The lowest BCUT2D eigenvalue weighted by Crippen LogP contribution is -2.42. The minimum atomic E-state index is 0.0603. The van der Waals surface area contributed by atoms with Crippen LogP contribution in [0.3, 0.4) is 0 Å². The van der Waals surface area contributed by atoms with Crippen LogP contribution in [0.4, 0.5) is 0 Å². The second kappa shape index (κ2) is 10.5. The average Bonchev–Trinajstić information content (AvgIpc) is 3.38. The van der Waals surface area contributed by atoms with Crippen LogP contribution in [0.25, 0.3) is 5.69 Å². The number of benzene rings is 2. The van der Waals surface area contributed by atoms with Gasteiger partial charge in [0.25, 0.3) is 5.91 Å². The maximum absolute atomic E-state index is 13.1. The Balaban J connectivity index is 1.32. The number of methoxy groups -OCH3 is 1. The monoisotopic (exact) mass is 432 g/mol. The molecule has 1 amide bonds. The third kappa shape index (κ3) is 5.37. The van der Waals surface area contributed by atoms with E-state index in [9.17, 15) is 4.79 Å². The Bertz CT molecular complexity index is 1020. The fourth-order valence-corrected chi connectivity index (χ4v) is 4.59. The van der Waals surface area contributed by atoms with Gasteiger partial charge in [-0.15, -0.1) is 0 Å². The Morgan fingerprint density at radius 1 is 1.19 bits per heavy atom. The Hall–Kier alpha value is -3.12. The van der Waals surface area contributed by atoms with E-state index in [1.165, 1.54) is 12.0 Å². The lowest BCUT2D eigenvalue weighted by atomic mass is 9.96. The summed E-state index contributed by atoms with van der Waals surface area (Å²) in [7, 11) is 3.64. The van der Waals surface area contributed by atoms with Crippen molar-refractivity contribution in [3.8, 4) is 11.4 Å². The largest absolute Gasteiger partial charge is 0.496 e. The number of para-hydroxylation sites is 1. The molecule has 2 aromatic carbocycles. The molecule has 168 valence electrons. The van der Waals surface area contributed by atoms with Gasteiger partial charge in [0.15, 0.2) is 0 Å². The van der Waals surface area contributed by atoms with Crippen LogP contribution in [-0.2, 0) is 6.42 Å². The van der Waals surface area contributed by atoms with Crippen LogP contribution in [0, 0.1) is 5.92 Å². The topological polar surface area (TPSA) is 50.6 Å². The van der Waals surface area contributed by atoms with Crippen LogP contribution in [0.5, 0.6) is 5.75 Å². The van der Waals surface area contributed by atoms with E-state index in [0.717, 1.165) is 50.5 Å². The lowest BCUT2D eigenvalue weighted by Gasteiger charge is -2.35. The van der Waals surface area contributed by atoms with Gasteiger partial charge in [0, 0.05) is 44.6 Å². The van der Waals surface area contributed by atoms with Crippen LogP contribution in [0.2, 0.25) is 0 Å². The third-order valence-electron chi connectivity index (χ3n) is 6.23. The van der Waals surface area contributed by atoms with Crippen LogP contribution in [0.1, 0.15) is 28.8 Å². The molecule has 0 N–H and O–H groups in total. The fourth-order valence-electron chi connectivity index (χ4n) is 4.59. The number of hydrogen-bond donors (Lipinski definition) is 0. The highest BCUT2D eigenvalue weighted by Gasteiger charge is 2.23. The van der Waals surface area contributed by atoms with Crippen LogP contribution in [0.15, 0.2) is 67.0 Å². The van der Waals surface area contributed by atoms with Crippen molar-refractivity contribution in [2.75, 3.05) is 40.3 Å². The van der Waals surface area contributed by atoms with E-state index >= 15 is 0 Å². The number of rotatable bonds is 8. The maximum atomic E-state index is 13.1. The Morgan fingerprint density at radius 2 is 2.06 bits per heavy atom. The zero-order valence-electron chi connectivity index (χ0n) is 19.0. The quantitative estimate of drug-likeness (QED) is 0.542. The van der Waals surface area contributed by atoms with Crippen molar-refractivity contribution in [2.45, 2.75) is 19.3 Å². The number of piperidine rings is 1. The number of likely N-dealkylation sites (tertiary alicyclic amines) is 1. The molecule has 3 aromatic rings. The van der Waals surface area contributed by atoms with E-state index < -0.39 is 0 Å². The predicted molar refractivity (Wildman–Crippen MR) is 126 cm³/mol. The summed E-state index contributed by atoms with van der Waals surface area (Å²) in [6.45, 7) is 3.94. The Morgan fingerprint density at radius 3 is 2.88 bits per heavy atom. The number of carbonyl (C=O) groups is 1. The summed E-state index contributed by atoms with van der Waals surface area (Å²) in [4.78, 5) is 17.5. The van der Waals surface area contributed by atoms with Gasteiger partial charge < -0.3 is 14.5 Å². The van der Waals surface area contributed by atoms with E-state index in [1.54, 1.807) is 18.0 Å². The van der Waals surface area contributed by atoms with Gasteiger partial charge in [-0.2, -0.15) is 5.10 Å². The van der Waals surface area contributed by atoms with Gasteiger partial charge in [0.05, 0.1) is 12.8 Å². The normalized spacial score (nSPS) is 16.6. The van der Waals surface area contributed by atoms with Crippen molar-refractivity contribution >= 4 is 5.91 Å². The molecule has 1 atom stereocenters. The molecule has 6 heteroatoms. The van der Waals surface area contributed by atoms with Crippen molar-refractivity contribution < 1.29 is 9.53 Å². The molecule has 1 aromatic heterocycles. The van der Waals surface area contributed by atoms with Crippen molar-refractivity contribution in [1.29, 1.82) is 0 Å². The number of aromatic nitrogens is 2. The highest BCUT2D eigenvalue weighted by atomic mass is 16.5. The summed E-state index contributed by atoms with van der Waals surface area (Å²) in [5, 5.41) is 4.26. The first-order valence-electron chi connectivity index (χ1n) is 11.3. The van der Waals surface area contributed by atoms with E-state index in [1.807, 2.05) is 60.6 Å². The molecule has 1 saturated heterocycles. The molecule has 0 unspecified atom stereocenters. The summed E-state index contributed by atoms with van der Waals surface area (Å²) in [5.74, 6) is 1.51. The highest BCUT2D eigenvalue weighted by Crippen LogP contribution is 2.22. The van der Waals surface area contributed by atoms with E-state index in [-0.39, 0.29) is 5.91 Å². The van der Waals surface area contributed by atoms with Gasteiger partial charge >= 0.3 is 0 Å². The van der Waals surface area contributed by atoms with Crippen LogP contribution < -0.4 is 4.74 Å². The van der Waals surface area contributed by atoms with Gasteiger partial charge in [-0.3, -0.25) is 4.79 Å². The standard InChI is InChI=1S/C26H32N4O2/c1-28(26(31)23-10-5-11-24(18-23)30-16-7-14-27-30)19-21-8-6-15-29(20-21)17-13-22-9-3-4-12-25(22)32-2/h3-5,7,9-12,14,16,18,21H,6,8,13,15,17,19-20H2,1-2H3/t21-/m0/s1. The first-order valence-corrected chi connectivity index (χ1v) is 11.3. The second-order valence-electron chi connectivity index (χ2n) is 8.56. The molecule has 1 aliphatic heterocycles. The van der Waals surface area contributed by atoms with Gasteiger partial charge in [-0.25, -0.2) is 4.68 Å². The summed E-state index contributed by atoms with van der Waals surface area (Å²) in [5.41, 5.74) is 2.85.